The summed E-state index contributed by atoms with van der Waals surface area (Å²) in [5.41, 5.74) is 1.29. The molecule has 0 aliphatic carbocycles. The van der Waals surface area contributed by atoms with Crippen molar-refractivity contribution in [2.75, 3.05) is 0 Å². The molecule has 1 heterocycles. The molecule has 0 amide bonds. The van der Waals surface area contributed by atoms with Crippen LogP contribution in [-0.2, 0) is 0 Å². The van der Waals surface area contributed by atoms with Gasteiger partial charge in [-0.2, -0.15) is 21.0 Å². The molecule has 21 heavy (non-hydrogen) atoms. The highest BCUT2D eigenvalue weighted by molar-refractivity contribution is 6.13. The minimum atomic E-state index is -0.0596. The zero-order valence-corrected chi connectivity index (χ0v) is 10.6. The number of rotatable bonds is 0. The van der Waals surface area contributed by atoms with E-state index in [2.05, 4.69) is 4.98 Å². The molecule has 0 fully saturated rings. The average molecular weight is 267 g/mol. The Kier molecular flexibility index (Phi) is 2.56. The molecule has 1 aromatic heterocycles. The van der Waals surface area contributed by atoms with Crippen LogP contribution in [0, 0.1) is 45.3 Å². The molecule has 0 unspecified atom stereocenters. The minimum absolute atomic E-state index is 0.0474. The van der Waals surface area contributed by atoms with Gasteiger partial charge in [0, 0.05) is 16.3 Å². The molecule has 0 atom stereocenters. The Hall–Kier alpha value is -3.80. The van der Waals surface area contributed by atoms with Crippen molar-refractivity contribution in [3.8, 4) is 24.3 Å². The van der Waals surface area contributed by atoms with Crippen LogP contribution in [0.3, 0.4) is 0 Å². The summed E-state index contributed by atoms with van der Waals surface area (Å²) < 4.78 is 0. The molecule has 0 aliphatic rings. The van der Waals surface area contributed by atoms with Gasteiger partial charge in [0.25, 0.3) is 0 Å². The lowest BCUT2D eigenvalue weighted by Crippen LogP contribution is -1.96. The van der Waals surface area contributed by atoms with Gasteiger partial charge in [0.2, 0.25) is 0 Å². The molecule has 0 radical (unpaired) electrons. The maximum atomic E-state index is 9.40. The molecule has 0 aliphatic heterocycles. The van der Waals surface area contributed by atoms with E-state index in [1.807, 2.05) is 48.5 Å². The maximum Gasteiger partial charge on any atom is 0.103 e. The number of nitrogens with zero attached hydrogens (tertiary/aromatic N) is 4. The zero-order valence-electron chi connectivity index (χ0n) is 10.6. The van der Waals surface area contributed by atoms with Gasteiger partial charge < -0.3 is 4.98 Å². The molecule has 5 heteroatoms. The quantitative estimate of drug-likeness (QED) is 0.674. The van der Waals surface area contributed by atoms with Crippen molar-refractivity contribution in [3.05, 3.63) is 46.5 Å². The second-order valence-corrected chi connectivity index (χ2v) is 4.37. The maximum absolute atomic E-state index is 9.40. The Balaban J connectivity index is 2.76. The molecule has 3 aromatic rings. The highest BCUT2D eigenvalue weighted by Crippen LogP contribution is 2.34. The number of fused-ring (bicyclic) bond motifs is 3. The number of hydrogen-bond donors (Lipinski definition) is 1. The molecule has 94 valence electrons. The highest BCUT2D eigenvalue weighted by atomic mass is 14.7. The molecule has 5 nitrogen and oxygen atoms in total. The van der Waals surface area contributed by atoms with Crippen molar-refractivity contribution < 1.29 is 0 Å². The predicted octanol–water partition coefficient (Wildman–Crippen LogP) is 2.81. The van der Waals surface area contributed by atoms with Crippen LogP contribution < -0.4 is 0 Å². The van der Waals surface area contributed by atoms with Crippen molar-refractivity contribution in [1.29, 1.82) is 21.0 Å². The summed E-state index contributed by atoms with van der Waals surface area (Å²) in [5.74, 6) is 0. The Labute approximate surface area is 119 Å². The summed E-state index contributed by atoms with van der Waals surface area (Å²) in [4.78, 5) is 3.06. The lowest BCUT2D eigenvalue weighted by atomic mass is 9.93. The molecule has 0 bridgehead atoms. The van der Waals surface area contributed by atoms with Gasteiger partial charge in [-0.15, -0.1) is 0 Å². The van der Waals surface area contributed by atoms with Crippen LogP contribution in [0.25, 0.3) is 21.8 Å². The molecule has 2 aromatic carbocycles. The molecule has 0 saturated heterocycles. The van der Waals surface area contributed by atoms with Gasteiger partial charge in [0.15, 0.2) is 0 Å². The first-order valence-electron chi connectivity index (χ1n) is 5.97. The minimum Gasteiger partial charge on any atom is -0.353 e. The standard InChI is InChI=1S/C16H5N5/c17-5-10-11(6-18)13(8-20)16-15(12(10)7-19)9-3-1-2-4-14(9)21-16/h1-4,21H. The van der Waals surface area contributed by atoms with Crippen molar-refractivity contribution in [3.63, 3.8) is 0 Å². The number of H-pyrrole nitrogens is 1. The first-order valence-corrected chi connectivity index (χ1v) is 5.97. The Bertz CT molecular complexity index is 1070. The van der Waals surface area contributed by atoms with Crippen LogP contribution in [0.1, 0.15) is 22.3 Å². The van der Waals surface area contributed by atoms with Gasteiger partial charge in [0.05, 0.1) is 27.8 Å². The fraction of sp³-hybridized carbons (Fsp3) is 0. The van der Waals surface area contributed by atoms with Crippen LogP contribution in [0.5, 0.6) is 0 Å². The monoisotopic (exact) mass is 267 g/mol. The van der Waals surface area contributed by atoms with E-state index >= 15 is 0 Å². The number of aromatic amines is 1. The van der Waals surface area contributed by atoms with E-state index in [-0.39, 0.29) is 22.3 Å². The van der Waals surface area contributed by atoms with E-state index in [1.54, 1.807) is 0 Å². The Morgan fingerprint density at radius 2 is 1.29 bits per heavy atom. The van der Waals surface area contributed by atoms with Crippen LogP contribution in [0.15, 0.2) is 24.3 Å². The van der Waals surface area contributed by atoms with E-state index in [1.165, 1.54) is 0 Å². The van der Waals surface area contributed by atoms with Crippen molar-refractivity contribution in [1.82, 2.24) is 4.98 Å². The Morgan fingerprint density at radius 3 is 1.90 bits per heavy atom. The number of para-hydroxylation sites is 1. The number of hydrogen-bond acceptors (Lipinski definition) is 4. The van der Waals surface area contributed by atoms with Gasteiger partial charge >= 0.3 is 0 Å². The summed E-state index contributed by atoms with van der Waals surface area (Å²) in [6, 6.07) is 15.0. The summed E-state index contributed by atoms with van der Waals surface area (Å²) in [7, 11) is 0. The van der Waals surface area contributed by atoms with E-state index < -0.39 is 0 Å². The number of nitriles is 4. The summed E-state index contributed by atoms with van der Waals surface area (Å²) >= 11 is 0. The second-order valence-electron chi connectivity index (χ2n) is 4.37. The van der Waals surface area contributed by atoms with E-state index in [4.69, 9.17) is 0 Å². The predicted molar refractivity (Wildman–Crippen MR) is 74.7 cm³/mol. The molecule has 1 N–H and O–H groups in total. The highest BCUT2D eigenvalue weighted by Gasteiger charge is 2.22. The topological polar surface area (TPSA) is 111 Å². The van der Waals surface area contributed by atoms with Gasteiger partial charge in [0.1, 0.15) is 24.3 Å². The van der Waals surface area contributed by atoms with Crippen LogP contribution >= 0.6 is 0 Å². The van der Waals surface area contributed by atoms with Gasteiger partial charge in [-0.1, -0.05) is 18.2 Å². The van der Waals surface area contributed by atoms with Crippen LogP contribution in [0.2, 0.25) is 0 Å². The third-order valence-corrected chi connectivity index (χ3v) is 3.40. The fourth-order valence-corrected chi connectivity index (χ4v) is 2.54. The lowest BCUT2D eigenvalue weighted by Gasteiger charge is -2.03. The SMILES string of the molecule is N#Cc1c(C#N)c(C#N)c2c([nH]c3ccccc32)c1C#N. The fourth-order valence-electron chi connectivity index (χ4n) is 2.54. The smallest absolute Gasteiger partial charge is 0.103 e. The second kappa shape index (κ2) is 4.39. The van der Waals surface area contributed by atoms with Crippen molar-refractivity contribution in [2.24, 2.45) is 0 Å². The third-order valence-electron chi connectivity index (χ3n) is 3.40. The molecular weight excluding hydrogens is 262 g/mol. The third kappa shape index (κ3) is 1.47. The molecule has 0 saturated carbocycles. The van der Waals surface area contributed by atoms with Gasteiger partial charge in [-0.25, -0.2) is 0 Å². The lowest BCUT2D eigenvalue weighted by molar-refractivity contribution is 1.38. The summed E-state index contributed by atoms with van der Waals surface area (Å²) in [6.07, 6.45) is 0. The van der Waals surface area contributed by atoms with Crippen LogP contribution in [0.4, 0.5) is 0 Å². The summed E-state index contributed by atoms with van der Waals surface area (Å²) in [6.45, 7) is 0. The zero-order chi connectivity index (χ0) is 15.0. The normalized spacial score (nSPS) is 9.71. The molecule has 0 spiro atoms. The molecular formula is C16H5N5. The summed E-state index contributed by atoms with van der Waals surface area (Å²) in [5, 5.41) is 38.5. The van der Waals surface area contributed by atoms with Crippen molar-refractivity contribution in [2.45, 2.75) is 0 Å². The molecule has 3 rings (SSSR count). The number of nitrogens with one attached hydrogen (secondary N) is 1. The first-order chi connectivity index (χ1) is 10.3. The van der Waals surface area contributed by atoms with Crippen molar-refractivity contribution >= 4 is 21.8 Å². The van der Waals surface area contributed by atoms with E-state index in [0.717, 1.165) is 10.9 Å². The number of benzene rings is 2. The largest absolute Gasteiger partial charge is 0.353 e. The first kappa shape index (κ1) is 12.2. The van der Waals surface area contributed by atoms with Gasteiger partial charge in [-0.3, -0.25) is 0 Å². The number of aromatic nitrogens is 1. The average Bonchev–Trinajstić information content (AvgIpc) is 2.91. The van der Waals surface area contributed by atoms with E-state index in [9.17, 15) is 21.0 Å². The van der Waals surface area contributed by atoms with Gasteiger partial charge in [-0.05, 0) is 6.07 Å². The van der Waals surface area contributed by atoms with E-state index in [0.29, 0.717) is 10.9 Å². The van der Waals surface area contributed by atoms with Crippen LogP contribution in [-0.4, -0.2) is 4.98 Å². The Morgan fingerprint density at radius 1 is 0.714 bits per heavy atom.